The van der Waals surface area contributed by atoms with Crippen molar-refractivity contribution in [3.63, 3.8) is 0 Å². The molecule has 2 rings (SSSR count). The van der Waals surface area contributed by atoms with Gasteiger partial charge in [0, 0.05) is 16.9 Å². The summed E-state index contributed by atoms with van der Waals surface area (Å²) in [6.07, 6.45) is 2.53. The molecule has 0 aromatic heterocycles. The first-order valence-corrected chi connectivity index (χ1v) is 6.74. The number of aliphatic hydroxyl groups is 1. The van der Waals surface area contributed by atoms with Crippen LogP contribution in [-0.4, -0.2) is 30.9 Å². The van der Waals surface area contributed by atoms with Crippen molar-refractivity contribution in [1.29, 1.82) is 0 Å². The third-order valence-corrected chi connectivity index (χ3v) is 4.02. The van der Waals surface area contributed by atoms with Gasteiger partial charge in [-0.05, 0) is 43.1 Å². The van der Waals surface area contributed by atoms with Gasteiger partial charge < -0.3 is 15.2 Å². The number of ether oxygens (including phenoxy) is 1. The van der Waals surface area contributed by atoms with Crippen LogP contribution in [0.3, 0.4) is 0 Å². The highest BCUT2D eigenvalue weighted by molar-refractivity contribution is 9.10. The highest BCUT2D eigenvalue weighted by Crippen LogP contribution is 2.25. The van der Waals surface area contributed by atoms with Gasteiger partial charge in [-0.1, -0.05) is 15.9 Å². The summed E-state index contributed by atoms with van der Waals surface area (Å²) >= 11 is 3.51. The van der Waals surface area contributed by atoms with Crippen molar-refractivity contribution in [1.82, 2.24) is 5.32 Å². The van der Waals surface area contributed by atoms with Crippen LogP contribution in [0.25, 0.3) is 0 Å². The number of hydrogen-bond donors (Lipinski definition) is 2. The van der Waals surface area contributed by atoms with Crippen molar-refractivity contribution in [2.45, 2.75) is 31.4 Å². The molecule has 1 saturated heterocycles. The number of nitrogens with one attached hydrogen (secondary N) is 1. The lowest BCUT2D eigenvalue weighted by Gasteiger charge is -2.19. The van der Waals surface area contributed by atoms with E-state index in [-0.39, 0.29) is 12.1 Å². The summed E-state index contributed by atoms with van der Waals surface area (Å²) in [7, 11) is 1.65. The van der Waals surface area contributed by atoms with E-state index >= 15 is 0 Å². The fourth-order valence-electron chi connectivity index (χ4n) is 2.24. The van der Waals surface area contributed by atoms with Crippen LogP contribution in [0.4, 0.5) is 0 Å². The molecule has 0 spiro atoms. The zero-order valence-electron chi connectivity index (χ0n) is 9.95. The molecule has 0 amide bonds. The third-order valence-electron chi connectivity index (χ3n) is 3.24. The zero-order chi connectivity index (χ0) is 12.3. The second-order valence-electron chi connectivity index (χ2n) is 4.43. The van der Waals surface area contributed by atoms with E-state index in [1.54, 1.807) is 7.11 Å². The average Bonchev–Trinajstić information content (AvgIpc) is 2.85. The maximum Gasteiger partial charge on any atom is 0.119 e. The Bertz CT molecular complexity index is 378. The van der Waals surface area contributed by atoms with Crippen LogP contribution in [-0.2, 0) is 6.42 Å². The first kappa shape index (κ1) is 12.9. The molecule has 0 bridgehead atoms. The summed E-state index contributed by atoms with van der Waals surface area (Å²) < 4.78 is 6.22. The van der Waals surface area contributed by atoms with Crippen LogP contribution >= 0.6 is 15.9 Å². The van der Waals surface area contributed by atoms with Crippen molar-refractivity contribution in [3.8, 4) is 5.75 Å². The van der Waals surface area contributed by atoms with Crippen LogP contribution in [0, 0.1) is 0 Å². The van der Waals surface area contributed by atoms with E-state index in [1.165, 1.54) is 0 Å². The van der Waals surface area contributed by atoms with Gasteiger partial charge in [0.25, 0.3) is 0 Å². The predicted octanol–water partition coefficient (Wildman–Crippen LogP) is 2.11. The fraction of sp³-hybridized carbons (Fsp3) is 0.538. The summed E-state index contributed by atoms with van der Waals surface area (Å²) in [5.41, 5.74) is 1.09. The molecule has 1 aliphatic heterocycles. The van der Waals surface area contributed by atoms with Gasteiger partial charge in [0.1, 0.15) is 5.75 Å². The minimum Gasteiger partial charge on any atom is -0.497 e. The average molecular weight is 300 g/mol. The number of rotatable bonds is 4. The first-order chi connectivity index (χ1) is 8.20. The molecular weight excluding hydrogens is 282 g/mol. The van der Waals surface area contributed by atoms with Gasteiger partial charge in [-0.25, -0.2) is 0 Å². The number of hydrogen-bond acceptors (Lipinski definition) is 3. The van der Waals surface area contributed by atoms with Gasteiger partial charge in [0.15, 0.2) is 0 Å². The van der Waals surface area contributed by atoms with Crippen molar-refractivity contribution >= 4 is 15.9 Å². The largest absolute Gasteiger partial charge is 0.497 e. The Balaban J connectivity index is 2.06. The van der Waals surface area contributed by atoms with E-state index in [9.17, 15) is 5.11 Å². The highest BCUT2D eigenvalue weighted by atomic mass is 79.9. The molecule has 94 valence electrons. The molecule has 1 heterocycles. The summed E-state index contributed by atoms with van der Waals surface area (Å²) in [5, 5.41) is 13.5. The zero-order valence-corrected chi connectivity index (χ0v) is 11.5. The summed E-state index contributed by atoms with van der Waals surface area (Å²) in [4.78, 5) is 0. The van der Waals surface area contributed by atoms with Crippen LogP contribution in [0.15, 0.2) is 22.7 Å². The second-order valence-corrected chi connectivity index (χ2v) is 5.29. The van der Waals surface area contributed by atoms with Gasteiger partial charge in [0.2, 0.25) is 0 Å². The van der Waals surface area contributed by atoms with E-state index < -0.39 is 0 Å². The summed E-state index contributed by atoms with van der Waals surface area (Å²) in [6, 6.07) is 6.08. The normalized spacial score (nSPS) is 21.5. The molecular formula is C13H18BrNO2. The van der Waals surface area contributed by atoms with Crippen molar-refractivity contribution in [2.75, 3.05) is 13.7 Å². The van der Waals surface area contributed by atoms with Gasteiger partial charge in [-0.15, -0.1) is 0 Å². The number of methoxy groups -OCH3 is 1. The molecule has 2 unspecified atom stereocenters. The third kappa shape index (κ3) is 3.21. The van der Waals surface area contributed by atoms with Crippen LogP contribution in [0.5, 0.6) is 5.75 Å². The first-order valence-electron chi connectivity index (χ1n) is 5.94. The number of aliphatic hydroxyl groups excluding tert-OH is 1. The lowest BCUT2D eigenvalue weighted by molar-refractivity contribution is 0.136. The maximum absolute atomic E-state index is 10.2. The van der Waals surface area contributed by atoms with Gasteiger partial charge in [-0.3, -0.25) is 0 Å². The number of halogens is 1. The lowest BCUT2D eigenvalue weighted by Crippen LogP contribution is -2.36. The number of benzene rings is 1. The topological polar surface area (TPSA) is 41.5 Å². The van der Waals surface area contributed by atoms with Crippen molar-refractivity contribution in [3.05, 3.63) is 28.2 Å². The minimum atomic E-state index is -0.332. The molecule has 1 aliphatic rings. The van der Waals surface area contributed by atoms with Gasteiger partial charge in [0.05, 0.1) is 13.2 Å². The highest BCUT2D eigenvalue weighted by Gasteiger charge is 2.23. The molecule has 1 fully saturated rings. The minimum absolute atomic E-state index is 0.230. The molecule has 1 aromatic carbocycles. The van der Waals surface area contributed by atoms with Crippen LogP contribution in [0.1, 0.15) is 18.4 Å². The standard InChI is InChI=1S/C13H18BrNO2/c1-17-10-4-5-11(14)9(7-10)8-13(16)12-3-2-6-15-12/h4-5,7,12-13,15-16H,2-3,6,8H2,1H3. The Hall–Kier alpha value is -0.580. The molecule has 0 aliphatic carbocycles. The fourth-order valence-corrected chi connectivity index (χ4v) is 2.65. The lowest BCUT2D eigenvalue weighted by atomic mass is 10.0. The Morgan fingerprint density at radius 2 is 2.41 bits per heavy atom. The smallest absolute Gasteiger partial charge is 0.119 e. The Morgan fingerprint density at radius 3 is 3.06 bits per heavy atom. The Morgan fingerprint density at radius 1 is 1.59 bits per heavy atom. The SMILES string of the molecule is COc1ccc(Br)c(CC(O)C2CCCN2)c1. The maximum atomic E-state index is 10.2. The van der Waals surface area contributed by atoms with Gasteiger partial charge >= 0.3 is 0 Å². The van der Waals surface area contributed by atoms with E-state index in [2.05, 4.69) is 21.2 Å². The van der Waals surface area contributed by atoms with E-state index in [0.717, 1.165) is 35.2 Å². The van der Waals surface area contributed by atoms with E-state index in [1.807, 2.05) is 18.2 Å². The summed E-state index contributed by atoms with van der Waals surface area (Å²) in [5.74, 6) is 0.829. The van der Waals surface area contributed by atoms with Gasteiger partial charge in [-0.2, -0.15) is 0 Å². The molecule has 4 heteroatoms. The van der Waals surface area contributed by atoms with Crippen molar-refractivity contribution in [2.24, 2.45) is 0 Å². The predicted molar refractivity (Wildman–Crippen MR) is 71.4 cm³/mol. The molecule has 1 aromatic rings. The Kier molecular flexibility index (Phi) is 4.42. The molecule has 17 heavy (non-hydrogen) atoms. The molecule has 0 radical (unpaired) electrons. The molecule has 0 saturated carbocycles. The van der Waals surface area contributed by atoms with E-state index in [4.69, 9.17) is 4.74 Å². The monoisotopic (exact) mass is 299 g/mol. The summed E-state index contributed by atoms with van der Waals surface area (Å²) in [6.45, 7) is 1.01. The van der Waals surface area contributed by atoms with Crippen molar-refractivity contribution < 1.29 is 9.84 Å². The quantitative estimate of drug-likeness (QED) is 0.895. The Labute approximate surface area is 110 Å². The molecule has 2 atom stereocenters. The van der Waals surface area contributed by atoms with E-state index in [0.29, 0.717) is 6.42 Å². The van der Waals surface area contributed by atoms with Crippen LogP contribution < -0.4 is 10.1 Å². The molecule has 3 nitrogen and oxygen atoms in total. The molecule has 2 N–H and O–H groups in total. The second kappa shape index (κ2) is 5.85. The van der Waals surface area contributed by atoms with Crippen LogP contribution in [0.2, 0.25) is 0 Å².